The molecule has 2 saturated heterocycles. The number of rotatable bonds is 3. The van der Waals surface area contributed by atoms with Gasteiger partial charge in [-0.2, -0.15) is 0 Å². The average Bonchev–Trinajstić information content (AvgIpc) is 2.87. The molecule has 0 bridgehead atoms. The smallest absolute Gasteiger partial charge is 0.0663 e. The summed E-state index contributed by atoms with van der Waals surface area (Å²) in [5, 5.41) is 0. The molecule has 0 aromatic carbocycles. The summed E-state index contributed by atoms with van der Waals surface area (Å²) in [4.78, 5) is 4.87. The molecule has 2 aliphatic rings. The van der Waals surface area contributed by atoms with Gasteiger partial charge in [-0.3, -0.25) is 4.90 Å². The monoisotopic (exact) mass is 213 g/mol. The molecule has 2 rings (SSSR count). The number of likely N-dealkylation sites (tertiary alicyclic amines) is 1. The van der Waals surface area contributed by atoms with E-state index >= 15 is 0 Å². The van der Waals surface area contributed by atoms with E-state index in [0.717, 1.165) is 32.7 Å². The van der Waals surface area contributed by atoms with E-state index < -0.39 is 0 Å². The van der Waals surface area contributed by atoms with Crippen LogP contribution in [0.25, 0.3) is 0 Å². The van der Waals surface area contributed by atoms with Gasteiger partial charge in [0.15, 0.2) is 0 Å². The average molecular weight is 213 g/mol. The van der Waals surface area contributed by atoms with Gasteiger partial charge in [0, 0.05) is 32.3 Å². The van der Waals surface area contributed by atoms with E-state index in [1.807, 2.05) is 0 Å². The fourth-order valence-corrected chi connectivity index (χ4v) is 2.73. The zero-order valence-corrected chi connectivity index (χ0v) is 9.91. The van der Waals surface area contributed by atoms with Gasteiger partial charge in [-0.1, -0.05) is 0 Å². The predicted octanol–water partition coefficient (Wildman–Crippen LogP) is -0.260. The second-order valence-electron chi connectivity index (χ2n) is 5.08. The van der Waals surface area contributed by atoms with E-state index in [9.17, 15) is 0 Å². The summed E-state index contributed by atoms with van der Waals surface area (Å²) < 4.78 is 5.52. The van der Waals surface area contributed by atoms with Crippen molar-refractivity contribution in [3.63, 3.8) is 0 Å². The minimum absolute atomic E-state index is 0.144. The normalized spacial score (nSPS) is 38.0. The third-order valence-corrected chi connectivity index (χ3v) is 4.03. The zero-order valence-electron chi connectivity index (χ0n) is 9.91. The van der Waals surface area contributed by atoms with Crippen molar-refractivity contribution >= 4 is 0 Å². The Kier molecular flexibility index (Phi) is 3.30. The second-order valence-corrected chi connectivity index (χ2v) is 5.08. The third kappa shape index (κ3) is 2.04. The second kappa shape index (κ2) is 4.37. The molecule has 0 aromatic rings. The van der Waals surface area contributed by atoms with Crippen molar-refractivity contribution in [3.05, 3.63) is 0 Å². The Labute approximate surface area is 92.4 Å². The van der Waals surface area contributed by atoms with Crippen LogP contribution in [0.15, 0.2) is 0 Å². The van der Waals surface area contributed by atoms with Crippen molar-refractivity contribution in [2.24, 2.45) is 5.73 Å². The number of hydrogen-bond donors (Lipinski definition) is 1. The highest BCUT2D eigenvalue weighted by atomic mass is 16.5. The Balaban J connectivity index is 1.99. The summed E-state index contributed by atoms with van der Waals surface area (Å²) in [6.45, 7) is 4.74. The molecular formula is C11H23N3O. The topological polar surface area (TPSA) is 41.7 Å². The highest BCUT2D eigenvalue weighted by Crippen LogP contribution is 2.29. The van der Waals surface area contributed by atoms with Crippen molar-refractivity contribution in [3.8, 4) is 0 Å². The van der Waals surface area contributed by atoms with Gasteiger partial charge < -0.3 is 15.4 Å². The van der Waals surface area contributed by atoms with E-state index in [4.69, 9.17) is 10.5 Å². The fraction of sp³-hybridized carbons (Fsp3) is 1.00. The van der Waals surface area contributed by atoms with Crippen LogP contribution in [-0.2, 0) is 4.74 Å². The summed E-state index contributed by atoms with van der Waals surface area (Å²) in [5.74, 6) is 0. The van der Waals surface area contributed by atoms with Crippen LogP contribution in [0.1, 0.15) is 12.8 Å². The number of nitrogens with zero attached hydrogens (tertiary/aromatic N) is 2. The van der Waals surface area contributed by atoms with Gasteiger partial charge in [0.1, 0.15) is 0 Å². The molecular weight excluding hydrogens is 190 g/mol. The van der Waals surface area contributed by atoms with Gasteiger partial charge in [-0.05, 0) is 26.9 Å². The van der Waals surface area contributed by atoms with Crippen LogP contribution in [0.5, 0.6) is 0 Å². The molecule has 2 N–H and O–H groups in total. The molecule has 0 saturated carbocycles. The SMILES string of the molecule is CN(C)C1CCN(C2(CN)CCOC2)C1. The lowest BCUT2D eigenvalue weighted by Crippen LogP contribution is -2.54. The molecule has 2 heterocycles. The van der Waals surface area contributed by atoms with Gasteiger partial charge in [-0.15, -0.1) is 0 Å². The van der Waals surface area contributed by atoms with Crippen LogP contribution in [0.2, 0.25) is 0 Å². The minimum Gasteiger partial charge on any atom is -0.379 e. The maximum atomic E-state index is 5.93. The van der Waals surface area contributed by atoms with E-state index in [1.165, 1.54) is 13.0 Å². The molecule has 2 atom stereocenters. The Morgan fingerprint density at radius 2 is 2.33 bits per heavy atom. The van der Waals surface area contributed by atoms with Gasteiger partial charge in [0.2, 0.25) is 0 Å². The van der Waals surface area contributed by atoms with Gasteiger partial charge in [0.25, 0.3) is 0 Å². The number of likely N-dealkylation sites (N-methyl/N-ethyl adjacent to an activating group) is 1. The molecule has 88 valence electrons. The highest BCUT2D eigenvalue weighted by Gasteiger charge is 2.42. The molecule has 15 heavy (non-hydrogen) atoms. The lowest BCUT2D eigenvalue weighted by molar-refractivity contribution is 0.0865. The first-order valence-electron chi connectivity index (χ1n) is 5.87. The van der Waals surface area contributed by atoms with Crippen LogP contribution in [0.3, 0.4) is 0 Å². The van der Waals surface area contributed by atoms with Crippen LogP contribution >= 0.6 is 0 Å². The number of nitrogens with two attached hydrogens (primary N) is 1. The Bertz CT molecular complexity index is 214. The van der Waals surface area contributed by atoms with E-state index in [2.05, 4.69) is 23.9 Å². The van der Waals surface area contributed by atoms with E-state index in [-0.39, 0.29) is 5.54 Å². The number of ether oxygens (including phenoxy) is 1. The molecule has 0 spiro atoms. The molecule has 2 fully saturated rings. The van der Waals surface area contributed by atoms with Crippen LogP contribution in [0, 0.1) is 0 Å². The Hall–Kier alpha value is -0.160. The summed E-state index contributed by atoms with van der Waals surface area (Å²) in [7, 11) is 4.32. The standard InChI is InChI=1S/C11H23N3O/c1-13(2)10-3-5-14(7-10)11(8-12)4-6-15-9-11/h10H,3-9,12H2,1-2H3. The summed E-state index contributed by atoms with van der Waals surface area (Å²) in [6.07, 6.45) is 2.36. The summed E-state index contributed by atoms with van der Waals surface area (Å²) in [6, 6.07) is 0.689. The molecule has 2 aliphatic heterocycles. The van der Waals surface area contributed by atoms with Gasteiger partial charge in [0.05, 0.1) is 12.1 Å². The molecule has 2 unspecified atom stereocenters. The largest absolute Gasteiger partial charge is 0.379 e. The van der Waals surface area contributed by atoms with Crippen LogP contribution < -0.4 is 5.73 Å². The lowest BCUT2D eigenvalue weighted by atomic mass is 9.97. The minimum atomic E-state index is 0.144. The first kappa shape index (κ1) is 11.3. The highest BCUT2D eigenvalue weighted by molar-refractivity contribution is 4.99. The van der Waals surface area contributed by atoms with Crippen molar-refractivity contribution < 1.29 is 4.74 Å². The summed E-state index contributed by atoms with van der Waals surface area (Å²) in [5.41, 5.74) is 6.08. The molecule has 0 amide bonds. The van der Waals surface area contributed by atoms with Crippen LogP contribution in [-0.4, -0.2) is 68.3 Å². The van der Waals surface area contributed by atoms with E-state index in [0.29, 0.717) is 6.04 Å². The molecule has 4 heteroatoms. The number of hydrogen-bond acceptors (Lipinski definition) is 4. The quantitative estimate of drug-likeness (QED) is 0.701. The molecule has 0 aliphatic carbocycles. The third-order valence-electron chi connectivity index (χ3n) is 4.03. The Morgan fingerprint density at radius 1 is 1.53 bits per heavy atom. The predicted molar refractivity (Wildman–Crippen MR) is 60.9 cm³/mol. The molecule has 0 aromatic heterocycles. The maximum absolute atomic E-state index is 5.93. The van der Waals surface area contributed by atoms with Crippen molar-refractivity contribution in [2.75, 3.05) is 46.9 Å². The zero-order chi connectivity index (χ0) is 10.9. The van der Waals surface area contributed by atoms with E-state index in [1.54, 1.807) is 0 Å². The van der Waals surface area contributed by atoms with Crippen molar-refractivity contribution in [1.29, 1.82) is 0 Å². The maximum Gasteiger partial charge on any atom is 0.0663 e. The van der Waals surface area contributed by atoms with Crippen molar-refractivity contribution in [2.45, 2.75) is 24.4 Å². The molecule has 0 radical (unpaired) electrons. The van der Waals surface area contributed by atoms with Crippen LogP contribution in [0.4, 0.5) is 0 Å². The van der Waals surface area contributed by atoms with Gasteiger partial charge >= 0.3 is 0 Å². The first-order chi connectivity index (χ1) is 7.18. The summed E-state index contributed by atoms with van der Waals surface area (Å²) >= 11 is 0. The fourth-order valence-electron chi connectivity index (χ4n) is 2.73. The lowest BCUT2D eigenvalue weighted by Gasteiger charge is -2.36. The first-order valence-corrected chi connectivity index (χ1v) is 5.87. The molecule has 4 nitrogen and oxygen atoms in total. The van der Waals surface area contributed by atoms with Crippen molar-refractivity contribution in [1.82, 2.24) is 9.80 Å². The Morgan fingerprint density at radius 3 is 2.80 bits per heavy atom. The van der Waals surface area contributed by atoms with Gasteiger partial charge in [-0.25, -0.2) is 0 Å².